The van der Waals surface area contributed by atoms with Gasteiger partial charge in [0.15, 0.2) is 5.16 Å². The van der Waals surface area contributed by atoms with Gasteiger partial charge in [-0.05, 0) is 44.0 Å². The third kappa shape index (κ3) is 6.05. The zero-order chi connectivity index (χ0) is 22.2. The van der Waals surface area contributed by atoms with Crippen LogP contribution in [0.4, 0.5) is 0 Å². The van der Waals surface area contributed by atoms with Crippen molar-refractivity contribution in [2.24, 2.45) is 0 Å². The van der Waals surface area contributed by atoms with E-state index in [-0.39, 0.29) is 11.7 Å². The van der Waals surface area contributed by atoms with Crippen molar-refractivity contribution in [2.45, 2.75) is 32.5 Å². The first-order valence-corrected chi connectivity index (χ1v) is 10.9. The first-order chi connectivity index (χ1) is 15.0. The Morgan fingerprint density at radius 3 is 2.81 bits per heavy atom. The minimum absolute atomic E-state index is 0.107. The van der Waals surface area contributed by atoms with Gasteiger partial charge >= 0.3 is 0 Å². The third-order valence-corrected chi connectivity index (χ3v) is 5.51. The van der Waals surface area contributed by atoms with E-state index in [1.165, 1.54) is 11.8 Å². The number of hydrogen-bond donors (Lipinski definition) is 1. The topological polar surface area (TPSA) is 91.2 Å². The predicted molar refractivity (Wildman–Crippen MR) is 120 cm³/mol. The van der Waals surface area contributed by atoms with Crippen LogP contribution in [0, 0.1) is 20.8 Å². The van der Waals surface area contributed by atoms with E-state index >= 15 is 0 Å². The fourth-order valence-corrected chi connectivity index (χ4v) is 3.78. The van der Waals surface area contributed by atoms with Crippen molar-refractivity contribution >= 4 is 17.7 Å². The number of nitrogens with one attached hydrogen (secondary N) is 1. The molecule has 3 aromatic rings. The van der Waals surface area contributed by atoms with Gasteiger partial charge in [-0.3, -0.25) is 9.36 Å². The molecule has 0 spiro atoms. The fraction of sp³-hybridized carbons (Fsp3) is 0.364. The van der Waals surface area contributed by atoms with Crippen LogP contribution < -0.4 is 10.1 Å². The monoisotopic (exact) mass is 441 g/mol. The molecular formula is C22H27N5O3S. The van der Waals surface area contributed by atoms with Crippen molar-refractivity contribution in [3.05, 3.63) is 59.0 Å². The Bertz CT molecular complexity index is 1040. The van der Waals surface area contributed by atoms with Gasteiger partial charge in [-0.25, -0.2) is 4.98 Å². The van der Waals surface area contributed by atoms with Gasteiger partial charge in [-0.1, -0.05) is 30.0 Å². The van der Waals surface area contributed by atoms with Gasteiger partial charge in [0.25, 0.3) is 0 Å². The smallest absolute Gasteiger partial charge is 0.230 e. The van der Waals surface area contributed by atoms with E-state index in [0.717, 1.165) is 28.2 Å². The first kappa shape index (κ1) is 22.8. The number of ether oxygens (including phenoxy) is 2. The zero-order valence-electron chi connectivity index (χ0n) is 18.2. The van der Waals surface area contributed by atoms with Crippen LogP contribution in [0.1, 0.15) is 22.5 Å². The standard InChI is InChI=1S/C22H27N5O3S/c1-15-7-8-16(2)19(12-15)27-17(3)25-26-22(27)31-14-20(28)24-13-18-6-5-9-23-21(18)30-11-10-29-4/h5-9,12H,10-11,13-14H2,1-4H3,(H,24,28). The number of thioether (sulfide) groups is 1. The van der Waals surface area contributed by atoms with Crippen molar-refractivity contribution in [3.63, 3.8) is 0 Å². The van der Waals surface area contributed by atoms with Crippen LogP contribution in [-0.4, -0.2) is 51.7 Å². The van der Waals surface area contributed by atoms with Crippen LogP contribution in [0.15, 0.2) is 41.7 Å². The Labute approximate surface area is 186 Å². The van der Waals surface area contributed by atoms with Crippen molar-refractivity contribution in [3.8, 4) is 11.6 Å². The number of benzene rings is 1. The second kappa shape index (κ2) is 10.9. The lowest BCUT2D eigenvalue weighted by molar-refractivity contribution is -0.118. The average Bonchev–Trinajstić information content (AvgIpc) is 3.13. The van der Waals surface area contributed by atoms with E-state index in [9.17, 15) is 4.79 Å². The van der Waals surface area contributed by atoms with Crippen molar-refractivity contribution in [1.29, 1.82) is 0 Å². The molecule has 0 aliphatic rings. The van der Waals surface area contributed by atoms with Crippen LogP contribution in [0.25, 0.3) is 5.69 Å². The molecule has 1 amide bonds. The Morgan fingerprint density at radius 1 is 1.16 bits per heavy atom. The van der Waals surface area contributed by atoms with E-state index < -0.39 is 0 Å². The molecule has 31 heavy (non-hydrogen) atoms. The molecule has 0 radical (unpaired) electrons. The highest BCUT2D eigenvalue weighted by molar-refractivity contribution is 7.99. The summed E-state index contributed by atoms with van der Waals surface area (Å²) < 4.78 is 12.6. The van der Waals surface area contributed by atoms with E-state index in [1.807, 2.05) is 23.6 Å². The molecular weight excluding hydrogens is 414 g/mol. The predicted octanol–water partition coefficient (Wildman–Crippen LogP) is 3.02. The Kier molecular flexibility index (Phi) is 8.02. The lowest BCUT2D eigenvalue weighted by Crippen LogP contribution is -2.25. The molecule has 8 nitrogen and oxygen atoms in total. The maximum atomic E-state index is 12.5. The molecule has 164 valence electrons. The molecule has 1 N–H and O–H groups in total. The SMILES string of the molecule is COCCOc1ncccc1CNC(=O)CSc1nnc(C)n1-c1cc(C)ccc1C. The lowest BCUT2D eigenvalue weighted by Gasteiger charge is -2.13. The number of carbonyl (C=O) groups excluding carboxylic acids is 1. The summed E-state index contributed by atoms with van der Waals surface area (Å²) in [6, 6.07) is 9.94. The van der Waals surface area contributed by atoms with Gasteiger partial charge in [0.2, 0.25) is 11.8 Å². The summed E-state index contributed by atoms with van der Waals surface area (Å²) in [5, 5.41) is 12.1. The molecule has 9 heteroatoms. The zero-order valence-corrected chi connectivity index (χ0v) is 19.0. The van der Waals surface area contributed by atoms with Gasteiger partial charge in [0, 0.05) is 25.4 Å². The van der Waals surface area contributed by atoms with Crippen LogP contribution in [0.2, 0.25) is 0 Å². The summed E-state index contributed by atoms with van der Waals surface area (Å²) >= 11 is 1.36. The van der Waals surface area contributed by atoms with Crippen molar-refractivity contribution < 1.29 is 14.3 Å². The summed E-state index contributed by atoms with van der Waals surface area (Å²) in [7, 11) is 1.61. The Morgan fingerprint density at radius 2 is 2.00 bits per heavy atom. The minimum Gasteiger partial charge on any atom is -0.475 e. The molecule has 0 saturated carbocycles. The number of methoxy groups -OCH3 is 1. The third-order valence-electron chi connectivity index (χ3n) is 4.59. The average molecular weight is 442 g/mol. The minimum atomic E-state index is -0.107. The number of pyridine rings is 1. The highest BCUT2D eigenvalue weighted by atomic mass is 32.2. The van der Waals surface area contributed by atoms with E-state index in [0.29, 0.717) is 30.8 Å². The van der Waals surface area contributed by atoms with Crippen LogP contribution in [-0.2, 0) is 16.1 Å². The second-order valence-corrected chi connectivity index (χ2v) is 7.97. The quantitative estimate of drug-likeness (QED) is 0.382. The molecule has 2 heterocycles. The summed E-state index contributed by atoms with van der Waals surface area (Å²) in [6.07, 6.45) is 1.66. The van der Waals surface area contributed by atoms with E-state index in [2.05, 4.69) is 52.5 Å². The first-order valence-electron chi connectivity index (χ1n) is 9.94. The van der Waals surface area contributed by atoms with Crippen LogP contribution in [0.3, 0.4) is 0 Å². The maximum absolute atomic E-state index is 12.5. The molecule has 2 aromatic heterocycles. The molecule has 0 saturated heterocycles. The normalized spacial score (nSPS) is 10.8. The number of aryl methyl sites for hydroxylation is 3. The molecule has 0 unspecified atom stereocenters. The highest BCUT2D eigenvalue weighted by Gasteiger charge is 2.15. The number of hydrogen-bond acceptors (Lipinski definition) is 7. The molecule has 0 bridgehead atoms. The Balaban J connectivity index is 1.61. The number of amides is 1. The van der Waals surface area contributed by atoms with Gasteiger partial charge < -0.3 is 14.8 Å². The van der Waals surface area contributed by atoms with Crippen LogP contribution in [0.5, 0.6) is 5.88 Å². The largest absolute Gasteiger partial charge is 0.475 e. The lowest BCUT2D eigenvalue weighted by atomic mass is 10.1. The maximum Gasteiger partial charge on any atom is 0.230 e. The Hall–Kier alpha value is -2.91. The molecule has 1 aromatic carbocycles. The van der Waals surface area contributed by atoms with Gasteiger partial charge in [-0.15, -0.1) is 10.2 Å². The van der Waals surface area contributed by atoms with Gasteiger partial charge in [0.1, 0.15) is 12.4 Å². The summed E-state index contributed by atoms with van der Waals surface area (Å²) in [5.74, 6) is 1.40. The van der Waals surface area contributed by atoms with Gasteiger partial charge in [0.05, 0.1) is 18.0 Å². The van der Waals surface area contributed by atoms with E-state index in [4.69, 9.17) is 9.47 Å². The van der Waals surface area contributed by atoms with E-state index in [1.54, 1.807) is 13.3 Å². The van der Waals surface area contributed by atoms with Crippen molar-refractivity contribution in [1.82, 2.24) is 25.1 Å². The molecule has 0 fully saturated rings. The number of nitrogens with zero attached hydrogens (tertiary/aromatic N) is 4. The molecule has 0 atom stereocenters. The van der Waals surface area contributed by atoms with Crippen molar-refractivity contribution in [2.75, 3.05) is 26.1 Å². The molecule has 0 aliphatic carbocycles. The fourth-order valence-electron chi connectivity index (χ4n) is 2.96. The summed E-state index contributed by atoms with van der Waals surface area (Å²) in [6.45, 7) is 7.21. The second-order valence-electron chi connectivity index (χ2n) is 7.03. The summed E-state index contributed by atoms with van der Waals surface area (Å²) in [4.78, 5) is 16.7. The van der Waals surface area contributed by atoms with Gasteiger partial charge in [-0.2, -0.15) is 0 Å². The number of carbonyl (C=O) groups is 1. The molecule has 0 aliphatic heterocycles. The number of aromatic nitrogens is 4. The molecule has 3 rings (SSSR count). The highest BCUT2D eigenvalue weighted by Crippen LogP contribution is 2.25. The summed E-state index contributed by atoms with van der Waals surface area (Å²) in [5.41, 5.74) is 4.12. The number of rotatable bonds is 10. The van der Waals surface area contributed by atoms with Crippen LogP contribution >= 0.6 is 11.8 Å².